The molecule has 0 aliphatic carbocycles. The fourth-order valence-corrected chi connectivity index (χ4v) is 2.24. The smallest absolute Gasteiger partial charge is 0.312 e. The van der Waals surface area contributed by atoms with Gasteiger partial charge in [0.15, 0.2) is 21.4 Å². The summed E-state index contributed by atoms with van der Waals surface area (Å²) in [7, 11) is -3.59. The van der Waals surface area contributed by atoms with Gasteiger partial charge in [0.1, 0.15) is 0 Å². The number of halogens is 1. The van der Waals surface area contributed by atoms with E-state index >= 15 is 0 Å². The molecular weight excluding hydrogens is 301 g/mol. The van der Waals surface area contributed by atoms with Crippen molar-refractivity contribution in [2.24, 2.45) is 0 Å². The molecule has 0 radical (unpaired) electrons. The SMILES string of the molecule is CS(=O)(=O)c1ccc(Oc2ccccc2F)c([N+](=O)[O-])c1. The number of rotatable bonds is 4. The molecule has 6 nitrogen and oxygen atoms in total. The molecule has 0 amide bonds. The van der Waals surface area contributed by atoms with E-state index in [0.29, 0.717) is 0 Å². The summed E-state index contributed by atoms with van der Waals surface area (Å²) in [6, 6.07) is 8.58. The van der Waals surface area contributed by atoms with Crippen LogP contribution in [0.5, 0.6) is 11.5 Å². The first-order valence-electron chi connectivity index (χ1n) is 5.70. The summed E-state index contributed by atoms with van der Waals surface area (Å²) >= 11 is 0. The van der Waals surface area contributed by atoms with Crippen molar-refractivity contribution in [3.8, 4) is 11.5 Å². The molecule has 2 aromatic rings. The van der Waals surface area contributed by atoms with Crippen molar-refractivity contribution < 1.29 is 22.5 Å². The molecular formula is C13H10FNO5S. The molecule has 0 saturated heterocycles. The second-order valence-corrected chi connectivity index (χ2v) is 6.21. The van der Waals surface area contributed by atoms with Gasteiger partial charge in [0.05, 0.1) is 9.82 Å². The third kappa shape index (κ3) is 3.34. The van der Waals surface area contributed by atoms with Crippen molar-refractivity contribution in [2.75, 3.05) is 6.26 Å². The van der Waals surface area contributed by atoms with E-state index in [1.807, 2.05) is 0 Å². The molecule has 0 aliphatic rings. The number of nitrogens with zero attached hydrogens (tertiary/aromatic N) is 1. The molecule has 110 valence electrons. The Morgan fingerprint density at radius 1 is 1.14 bits per heavy atom. The largest absolute Gasteiger partial charge is 0.447 e. The number of nitro benzene ring substituents is 1. The van der Waals surface area contributed by atoms with E-state index in [2.05, 4.69) is 0 Å². The number of ether oxygens (including phenoxy) is 1. The molecule has 21 heavy (non-hydrogen) atoms. The van der Waals surface area contributed by atoms with Gasteiger partial charge in [0.2, 0.25) is 5.75 Å². The molecule has 2 aromatic carbocycles. The second-order valence-electron chi connectivity index (χ2n) is 4.19. The molecule has 0 fully saturated rings. The maximum absolute atomic E-state index is 13.5. The lowest BCUT2D eigenvalue weighted by Gasteiger charge is -2.08. The summed E-state index contributed by atoms with van der Waals surface area (Å²) in [5, 5.41) is 11.0. The van der Waals surface area contributed by atoms with Crippen LogP contribution in [0.3, 0.4) is 0 Å². The van der Waals surface area contributed by atoms with E-state index < -0.39 is 26.3 Å². The first-order valence-corrected chi connectivity index (χ1v) is 7.59. The summed E-state index contributed by atoms with van der Waals surface area (Å²) < 4.78 is 41.5. The van der Waals surface area contributed by atoms with Gasteiger partial charge in [-0.05, 0) is 24.3 Å². The monoisotopic (exact) mass is 311 g/mol. The summed E-state index contributed by atoms with van der Waals surface area (Å²) in [4.78, 5) is 10.0. The average molecular weight is 311 g/mol. The molecule has 0 N–H and O–H groups in total. The first-order chi connectivity index (χ1) is 9.79. The van der Waals surface area contributed by atoms with Gasteiger partial charge in [-0.1, -0.05) is 12.1 Å². The van der Waals surface area contributed by atoms with E-state index in [1.165, 1.54) is 24.3 Å². The van der Waals surface area contributed by atoms with Crippen molar-refractivity contribution in [1.29, 1.82) is 0 Å². The van der Waals surface area contributed by atoms with Gasteiger partial charge < -0.3 is 4.74 Å². The Bertz CT molecular complexity index is 804. The van der Waals surface area contributed by atoms with Gasteiger partial charge in [-0.3, -0.25) is 10.1 Å². The fraction of sp³-hybridized carbons (Fsp3) is 0.0769. The minimum absolute atomic E-state index is 0.187. The maximum Gasteiger partial charge on any atom is 0.312 e. The van der Waals surface area contributed by atoms with Gasteiger partial charge in [-0.2, -0.15) is 0 Å². The zero-order valence-electron chi connectivity index (χ0n) is 10.8. The van der Waals surface area contributed by atoms with Crippen molar-refractivity contribution in [2.45, 2.75) is 4.90 Å². The maximum atomic E-state index is 13.5. The van der Waals surface area contributed by atoms with E-state index in [4.69, 9.17) is 4.74 Å². The van der Waals surface area contributed by atoms with Crippen LogP contribution in [0.1, 0.15) is 0 Å². The third-order valence-corrected chi connectivity index (χ3v) is 3.72. The predicted octanol–water partition coefficient (Wildman–Crippen LogP) is 2.93. The van der Waals surface area contributed by atoms with Crippen LogP contribution in [0.2, 0.25) is 0 Å². The number of para-hydroxylation sites is 1. The summed E-state index contributed by atoms with van der Waals surface area (Å²) in [6.45, 7) is 0. The van der Waals surface area contributed by atoms with Crippen LogP contribution in [-0.2, 0) is 9.84 Å². The fourth-order valence-electron chi connectivity index (χ4n) is 1.60. The van der Waals surface area contributed by atoms with E-state index in [1.54, 1.807) is 0 Å². The van der Waals surface area contributed by atoms with Crippen LogP contribution in [-0.4, -0.2) is 19.6 Å². The molecule has 0 saturated carbocycles. The number of benzene rings is 2. The molecule has 0 atom stereocenters. The predicted molar refractivity (Wildman–Crippen MR) is 72.7 cm³/mol. The number of hydrogen-bond acceptors (Lipinski definition) is 5. The van der Waals surface area contributed by atoms with E-state index in [-0.39, 0.29) is 16.4 Å². The topological polar surface area (TPSA) is 86.5 Å². The average Bonchev–Trinajstić information content (AvgIpc) is 2.40. The second kappa shape index (κ2) is 5.49. The Morgan fingerprint density at radius 2 is 1.81 bits per heavy atom. The third-order valence-electron chi connectivity index (χ3n) is 2.61. The van der Waals surface area contributed by atoms with Gasteiger partial charge in [0.25, 0.3) is 0 Å². The van der Waals surface area contributed by atoms with Crippen LogP contribution in [0, 0.1) is 15.9 Å². The summed E-state index contributed by atoms with van der Waals surface area (Å²) in [5.41, 5.74) is -0.554. The standard InChI is InChI=1S/C13H10FNO5S/c1-21(18,19)9-6-7-13(11(8-9)15(16)17)20-12-5-3-2-4-10(12)14/h2-8H,1H3. The Balaban J connectivity index is 2.50. The van der Waals surface area contributed by atoms with E-state index in [9.17, 15) is 22.9 Å². The zero-order valence-corrected chi connectivity index (χ0v) is 11.6. The van der Waals surface area contributed by atoms with Crippen LogP contribution in [0.25, 0.3) is 0 Å². The minimum Gasteiger partial charge on any atom is -0.447 e. The van der Waals surface area contributed by atoms with Crippen LogP contribution in [0.15, 0.2) is 47.4 Å². The lowest BCUT2D eigenvalue weighted by molar-refractivity contribution is -0.385. The Hall–Kier alpha value is -2.48. The molecule has 0 spiro atoms. The van der Waals surface area contributed by atoms with Gasteiger partial charge in [0, 0.05) is 12.3 Å². The van der Waals surface area contributed by atoms with Crippen LogP contribution < -0.4 is 4.74 Å². The molecule has 0 aliphatic heterocycles. The Labute approximate surface area is 119 Å². The summed E-state index contributed by atoms with van der Waals surface area (Å²) in [5.74, 6) is -1.11. The van der Waals surface area contributed by atoms with Gasteiger partial charge in [-0.25, -0.2) is 12.8 Å². The van der Waals surface area contributed by atoms with Gasteiger partial charge >= 0.3 is 5.69 Å². The first kappa shape index (κ1) is 14.9. The van der Waals surface area contributed by atoms with Crippen molar-refractivity contribution >= 4 is 15.5 Å². The van der Waals surface area contributed by atoms with Crippen LogP contribution >= 0.6 is 0 Å². The van der Waals surface area contributed by atoms with E-state index in [0.717, 1.165) is 24.5 Å². The molecule has 8 heteroatoms. The number of sulfone groups is 1. The Kier molecular flexibility index (Phi) is 3.90. The lowest BCUT2D eigenvalue weighted by Crippen LogP contribution is -2.00. The molecule has 2 rings (SSSR count). The van der Waals surface area contributed by atoms with Crippen molar-refractivity contribution in [1.82, 2.24) is 0 Å². The number of hydrogen-bond donors (Lipinski definition) is 0. The summed E-state index contributed by atoms with van der Waals surface area (Å²) in [6.07, 6.45) is 0.934. The zero-order chi connectivity index (χ0) is 15.6. The number of nitro groups is 1. The minimum atomic E-state index is -3.59. The molecule has 0 bridgehead atoms. The van der Waals surface area contributed by atoms with Crippen LogP contribution in [0.4, 0.5) is 10.1 Å². The normalized spacial score (nSPS) is 11.1. The lowest BCUT2D eigenvalue weighted by atomic mass is 10.3. The highest BCUT2D eigenvalue weighted by Gasteiger charge is 2.21. The highest BCUT2D eigenvalue weighted by molar-refractivity contribution is 7.90. The Morgan fingerprint density at radius 3 is 2.38 bits per heavy atom. The highest BCUT2D eigenvalue weighted by atomic mass is 32.2. The van der Waals surface area contributed by atoms with Crippen molar-refractivity contribution in [3.05, 3.63) is 58.4 Å². The van der Waals surface area contributed by atoms with Crippen molar-refractivity contribution in [3.63, 3.8) is 0 Å². The van der Waals surface area contributed by atoms with Gasteiger partial charge in [-0.15, -0.1) is 0 Å². The molecule has 0 heterocycles. The quantitative estimate of drug-likeness (QED) is 0.640. The molecule has 0 unspecified atom stereocenters. The highest BCUT2D eigenvalue weighted by Crippen LogP contribution is 2.34. The molecule has 0 aromatic heterocycles.